The van der Waals surface area contributed by atoms with E-state index in [0.29, 0.717) is 13.0 Å². The van der Waals surface area contributed by atoms with E-state index < -0.39 is 24.0 Å². The molecule has 0 aromatic carbocycles. The fourth-order valence-electron chi connectivity index (χ4n) is 0.962. The van der Waals surface area contributed by atoms with E-state index in [1.54, 1.807) is 7.05 Å². The Morgan fingerprint density at radius 3 is 2.06 bits per heavy atom. The molecule has 0 amide bonds. The molecule has 8 heteroatoms. The number of rotatable bonds is 8. The maximum absolute atomic E-state index is 10.4. The fourth-order valence-corrected chi connectivity index (χ4v) is 1.12. The molecule has 0 saturated carbocycles. The molecule has 18 heavy (non-hydrogen) atoms. The van der Waals surface area contributed by atoms with Crippen LogP contribution in [-0.2, 0) is 9.59 Å². The van der Waals surface area contributed by atoms with Crippen molar-refractivity contribution in [3.05, 3.63) is 0 Å². The largest absolute Gasteiger partial charge is 0.480 e. The lowest BCUT2D eigenvalue weighted by atomic mass is 10.1. The van der Waals surface area contributed by atoms with Crippen LogP contribution in [-0.4, -0.2) is 53.6 Å². The summed E-state index contributed by atoms with van der Waals surface area (Å²) in [6, 6.07) is -1.23. The van der Waals surface area contributed by atoms with Crippen LogP contribution in [0.1, 0.15) is 19.3 Å². The highest BCUT2D eigenvalue weighted by atomic mass is 32.1. The number of nitrogens with two attached hydrogens (primary N) is 2. The van der Waals surface area contributed by atoms with Gasteiger partial charge in [-0.15, -0.1) is 0 Å². The Labute approximate surface area is 112 Å². The summed E-state index contributed by atoms with van der Waals surface area (Å²) < 4.78 is 0. The van der Waals surface area contributed by atoms with Crippen molar-refractivity contribution in [1.82, 2.24) is 5.32 Å². The molecule has 0 radical (unpaired) electrons. The van der Waals surface area contributed by atoms with Gasteiger partial charge in [-0.25, -0.2) is 0 Å². The van der Waals surface area contributed by atoms with E-state index >= 15 is 0 Å². The van der Waals surface area contributed by atoms with Crippen molar-refractivity contribution < 1.29 is 19.8 Å². The van der Waals surface area contributed by atoms with Crippen LogP contribution in [0.4, 0.5) is 0 Å². The molecule has 0 aliphatic rings. The first-order valence-electron chi connectivity index (χ1n) is 5.60. The number of hydrogen-bond acceptors (Lipinski definition) is 6. The molecule has 0 fully saturated rings. The molecular weight excluding hydrogens is 258 g/mol. The number of carboxylic acid groups (broad SMARTS) is 2. The van der Waals surface area contributed by atoms with Crippen molar-refractivity contribution in [2.75, 3.05) is 19.3 Å². The Morgan fingerprint density at radius 1 is 1.28 bits per heavy atom. The number of thiol groups is 1. The molecule has 0 aromatic heterocycles. The van der Waals surface area contributed by atoms with Crippen LogP contribution in [0.25, 0.3) is 0 Å². The quantitative estimate of drug-likeness (QED) is 0.251. The number of carbonyl (C=O) groups is 2. The molecule has 7 N–H and O–H groups in total. The van der Waals surface area contributed by atoms with E-state index in [-0.39, 0.29) is 5.75 Å². The van der Waals surface area contributed by atoms with Crippen molar-refractivity contribution in [2.45, 2.75) is 31.3 Å². The lowest BCUT2D eigenvalue weighted by Gasteiger charge is -2.09. The third kappa shape index (κ3) is 11.6. The van der Waals surface area contributed by atoms with Crippen molar-refractivity contribution in [3.63, 3.8) is 0 Å². The molecule has 0 aromatic rings. The Morgan fingerprint density at radius 2 is 1.83 bits per heavy atom. The fraction of sp³-hybridized carbons (Fsp3) is 0.800. The highest BCUT2D eigenvalue weighted by Crippen LogP contribution is 1.99. The lowest BCUT2D eigenvalue weighted by molar-refractivity contribution is -0.140. The van der Waals surface area contributed by atoms with Crippen molar-refractivity contribution in [1.29, 1.82) is 0 Å². The van der Waals surface area contributed by atoms with Crippen molar-refractivity contribution in [2.24, 2.45) is 11.5 Å². The third-order valence-corrected chi connectivity index (χ3v) is 2.50. The highest BCUT2D eigenvalue weighted by molar-refractivity contribution is 7.80. The van der Waals surface area contributed by atoms with E-state index in [4.69, 9.17) is 21.7 Å². The second-order valence-electron chi connectivity index (χ2n) is 3.59. The van der Waals surface area contributed by atoms with Gasteiger partial charge in [0.1, 0.15) is 12.1 Å². The topological polar surface area (TPSA) is 139 Å². The van der Waals surface area contributed by atoms with Crippen LogP contribution in [0, 0.1) is 0 Å². The zero-order valence-electron chi connectivity index (χ0n) is 10.5. The average Bonchev–Trinajstić information content (AvgIpc) is 2.33. The average molecular weight is 281 g/mol. The number of carboxylic acids is 2. The Bertz CT molecular complexity index is 241. The summed E-state index contributed by atoms with van der Waals surface area (Å²) in [5.41, 5.74) is 10.2. The molecule has 108 valence electrons. The third-order valence-electron chi connectivity index (χ3n) is 2.11. The maximum atomic E-state index is 10.4. The smallest absolute Gasteiger partial charge is 0.321 e. The van der Waals surface area contributed by atoms with E-state index in [2.05, 4.69) is 17.9 Å². The highest BCUT2D eigenvalue weighted by Gasteiger charge is 2.12. The van der Waals surface area contributed by atoms with Gasteiger partial charge in [0.25, 0.3) is 0 Å². The summed E-state index contributed by atoms with van der Waals surface area (Å²) in [7, 11) is 1.65. The monoisotopic (exact) mass is 281 g/mol. The number of unbranched alkanes of at least 4 members (excludes halogenated alkanes) is 1. The zero-order chi connectivity index (χ0) is 14.6. The number of hydrogen-bond donors (Lipinski definition) is 6. The van der Waals surface area contributed by atoms with Gasteiger partial charge >= 0.3 is 11.9 Å². The molecule has 0 aliphatic carbocycles. The maximum Gasteiger partial charge on any atom is 0.321 e. The van der Waals surface area contributed by atoms with Gasteiger partial charge in [-0.2, -0.15) is 12.6 Å². The second kappa shape index (κ2) is 12.6. The minimum absolute atomic E-state index is 0.190. The van der Waals surface area contributed by atoms with Gasteiger partial charge in [0.05, 0.1) is 0 Å². The molecule has 0 aliphatic heterocycles. The molecule has 0 bridgehead atoms. The Kier molecular flexibility index (Phi) is 13.7. The van der Waals surface area contributed by atoms with Crippen LogP contribution in [0.5, 0.6) is 0 Å². The summed E-state index contributed by atoms with van der Waals surface area (Å²) >= 11 is 3.65. The van der Waals surface area contributed by atoms with Crippen LogP contribution in [0.15, 0.2) is 0 Å². The summed E-state index contributed by atoms with van der Waals surface area (Å²) in [6.07, 6.45) is 2.42. The predicted molar refractivity (Wildman–Crippen MR) is 72.9 cm³/mol. The van der Waals surface area contributed by atoms with Crippen LogP contribution < -0.4 is 16.8 Å². The Balaban J connectivity index is 0. The predicted octanol–water partition coefficient (Wildman–Crippen LogP) is -0.884. The van der Waals surface area contributed by atoms with Gasteiger partial charge in [-0.1, -0.05) is 6.42 Å². The summed E-state index contributed by atoms with van der Waals surface area (Å²) in [4.78, 5) is 20.2. The molecule has 0 spiro atoms. The molecule has 0 rings (SSSR count). The van der Waals surface area contributed by atoms with E-state index in [1.807, 2.05) is 0 Å². The van der Waals surface area contributed by atoms with E-state index in [0.717, 1.165) is 12.8 Å². The van der Waals surface area contributed by atoms with Gasteiger partial charge in [0, 0.05) is 5.75 Å². The van der Waals surface area contributed by atoms with Gasteiger partial charge in [-0.3, -0.25) is 9.59 Å². The summed E-state index contributed by atoms with van der Waals surface area (Å²) in [5.74, 6) is -1.60. The lowest BCUT2D eigenvalue weighted by Crippen LogP contribution is -2.33. The first-order chi connectivity index (χ1) is 8.40. The van der Waals surface area contributed by atoms with Crippen LogP contribution >= 0.6 is 12.6 Å². The van der Waals surface area contributed by atoms with Gasteiger partial charge in [0.2, 0.25) is 0 Å². The minimum atomic E-state index is -1.00. The first-order valence-corrected chi connectivity index (χ1v) is 6.23. The van der Waals surface area contributed by atoms with Crippen LogP contribution in [0.3, 0.4) is 0 Å². The number of nitrogens with one attached hydrogen (secondary N) is 1. The summed E-state index contributed by atoms with van der Waals surface area (Å²) in [5, 5.41) is 19.3. The van der Waals surface area contributed by atoms with Gasteiger partial charge in [-0.05, 0) is 26.4 Å². The molecular formula is C10H23N3O4S. The van der Waals surface area contributed by atoms with Crippen molar-refractivity contribution in [3.8, 4) is 0 Å². The van der Waals surface area contributed by atoms with Crippen molar-refractivity contribution >= 4 is 24.6 Å². The van der Waals surface area contributed by atoms with E-state index in [9.17, 15) is 9.59 Å². The molecule has 0 heterocycles. The minimum Gasteiger partial charge on any atom is -0.480 e. The van der Waals surface area contributed by atoms with Crippen LogP contribution in [0.2, 0.25) is 0 Å². The standard InChI is InChI=1S/C7H16N2O2.C3H7NO2S/c1-9-6(7(10)11)4-2-3-5-8;4-2(1-7)3(5)6/h6,9H,2-5,8H2,1H3,(H,10,11);2,7H,1,4H2,(H,5,6)/t6-;2-/m00/s1. The zero-order valence-corrected chi connectivity index (χ0v) is 11.4. The first kappa shape index (κ1) is 19.5. The summed E-state index contributed by atoms with van der Waals surface area (Å²) in [6.45, 7) is 0.635. The molecule has 2 atom stereocenters. The number of aliphatic carboxylic acids is 2. The SMILES string of the molecule is CN[C@@H](CCCCN)C(=O)O.N[C@@H](CS)C(=O)O. The van der Waals surface area contributed by atoms with Gasteiger partial charge in [0.15, 0.2) is 0 Å². The normalized spacial score (nSPS) is 13.1. The molecule has 0 saturated heterocycles. The second-order valence-corrected chi connectivity index (χ2v) is 3.96. The van der Waals surface area contributed by atoms with Gasteiger partial charge < -0.3 is 27.0 Å². The molecule has 0 unspecified atom stereocenters. The Hall–Kier alpha value is -0.830. The van der Waals surface area contributed by atoms with E-state index in [1.165, 1.54) is 0 Å². The number of likely N-dealkylation sites (N-methyl/N-ethyl adjacent to an activating group) is 1. The molecule has 7 nitrogen and oxygen atoms in total.